The normalized spacial score (nSPS) is 18.1. The predicted molar refractivity (Wildman–Crippen MR) is 332 cm³/mol. The smallest absolute Gasteiger partial charge is 0.0467 e. The molecule has 0 heterocycles. The largest absolute Gasteiger partial charge is 0.310 e. The van der Waals surface area contributed by atoms with E-state index in [1.54, 1.807) is 5.56 Å². The molecule has 2 atom stereocenters. The minimum Gasteiger partial charge on any atom is -0.310 e. The van der Waals surface area contributed by atoms with Crippen LogP contribution in [0.1, 0.15) is 142 Å². The zero-order chi connectivity index (χ0) is 53.6. The van der Waals surface area contributed by atoms with Gasteiger partial charge in [-0.2, -0.15) is 0 Å². The fourth-order valence-corrected chi connectivity index (χ4v) is 16.4. The minimum atomic E-state index is -0.280. The molecule has 0 radical (unpaired) electrons. The lowest BCUT2D eigenvalue weighted by atomic mass is 9.69. The first-order chi connectivity index (χ1) is 38.1. The molecule has 16 rings (SSSR count). The number of rotatable bonds is 5. The van der Waals surface area contributed by atoms with Crippen LogP contribution < -0.4 is 4.90 Å². The molecule has 0 saturated heterocycles. The Labute approximate surface area is 467 Å². The average Bonchev–Trinajstić information content (AvgIpc) is 2.67. The van der Waals surface area contributed by atoms with E-state index in [9.17, 15) is 0 Å². The van der Waals surface area contributed by atoms with E-state index in [-0.39, 0.29) is 21.7 Å². The summed E-state index contributed by atoms with van der Waals surface area (Å²) in [6.45, 7) is 22.1. The van der Waals surface area contributed by atoms with Crippen molar-refractivity contribution in [2.75, 3.05) is 4.90 Å². The van der Waals surface area contributed by atoms with E-state index in [0.29, 0.717) is 11.8 Å². The van der Waals surface area contributed by atoms with Crippen LogP contribution in [0.4, 0.5) is 17.1 Å². The summed E-state index contributed by atoms with van der Waals surface area (Å²) in [6.07, 6.45) is 3.31. The standard InChI is InChI=1S/C78H67N/c1-75(2,3)62-32-19-17-29-53(62)61-44-66-70(71-54-30-16-15-28-52(54)59-43-60(59)68(61)71)57-39-36-49(41-64(57)76(66,4)5)79(48-26-21-25-47(40-48)45-22-11-10-12-23-45)50-35-38-56-65(42-50)78(8,9)73-69(56)58-37-34-46-24-13-14-27-51(46)67(58)72-55-31-18-20-33-63(55)77(6,7)74(72)73/h10-33,35-36,38-42,44,59-60H,34,37,43H2,1-9H3. The van der Waals surface area contributed by atoms with Crippen molar-refractivity contribution in [1.82, 2.24) is 0 Å². The van der Waals surface area contributed by atoms with E-state index in [4.69, 9.17) is 0 Å². The predicted octanol–water partition coefficient (Wildman–Crippen LogP) is 20.7. The molecule has 79 heavy (non-hydrogen) atoms. The molecule has 0 bridgehead atoms. The monoisotopic (exact) mass is 1020 g/mol. The van der Waals surface area contributed by atoms with Crippen LogP contribution in [0.15, 0.2) is 194 Å². The lowest BCUT2D eigenvalue weighted by Gasteiger charge is -2.34. The second-order valence-corrected chi connectivity index (χ2v) is 26.6. The van der Waals surface area contributed by atoms with Gasteiger partial charge in [-0.25, -0.2) is 0 Å². The van der Waals surface area contributed by atoms with Crippen molar-refractivity contribution in [2.24, 2.45) is 0 Å². The Kier molecular flexibility index (Phi) is 9.57. The number of hydrogen-bond acceptors (Lipinski definition) is 1. The summed E-state index contributed by atoms with van der Waals surface area (Å²) in [6, 6.07) is 75.1. The highest BCUT2D eigenvalue weighted by atomic mass is 15.1. The quantitative estimate of drug-likeness (QED) is 0.166. The molecule has 2 unspecified atom stereocenters. The molecule has 1 fully saturated rings. The summed E-state index contributed by atoms with van der Waals surface area (Å²) in [5.74, 6) is 1.10. The highest BCUT2D eigenvalue weighted by Crippen LogP contribution is 2.69. The van der Waals surface area contributed by atoms with Gasteiger partial charge >= 0.3 is 0 Å². The Balaban J connectivity index is 0.914. The van der Waals surface area contributed by atoms with Crippen LogP contribution in [0.3, 0.4) is 0 Å². The van der Waals surface area contributed by atoms with Gasteiger partial charge in [0.15, 0.2) is 0 Å². The molecule has 0 spiro atoms. The van der Waals surface area contributed by atoms with Crippen LogP contribution >= 0.6 is 0 Å². The molecule has 0 N–H and O–H groups in total. The summed E-state index contributed by atoms with van der Waals surface area (Å²) in [4.78, 5) is 2.58. The molecule has 0 aromatic heterocycles. The maximum Gasteiger partial charge on any atom is 0.0467 e. The van der Waals surface area contributed by atoms with E-state index < -0.39 is 0 Å². The van der Waals surface area contributed by atoms with Crippen LogP contribution in [0.5, 0.6) is 0 Å². The van der Waals surface area contributed by atoms with Gasteiger partial charge in [0.05, 0.1) is 0 Å². The van der Waals surface area contributed by atoms with Gasteiger partial charge in [-0.3, -0.25) is 0 Å². The maximum atomic E-state index is 2.65. The number of hydrogen-bond donors (Lipinski definition) is 0. The molecule has 1 saturated carbocycles. The van der Waals surface area contributed by atoms with Gasteiger partial charge in [-0.15, -0.1) is 0 Å². The average molecular weight is 1020 g/mol. The number of fused-ring (bicyclic) bond motifs is 22. The Morgan fingerprint density at radius 1 is 0.380 bits per heavy atom. The van der Waals surface area contributed by atoms with Crippen LogP contribution in [0.25, 0.3) is 77.9 Å². The van der Waals surface area contributed by atoms with Crippen molar-refractivity contribution in [3.05, 3.63) is 255 Å². The molecule has 1 nitrogen and oxygen atoms in total. The Hall–Kier alpha value is -8.00. The first-order valence-corrected chi connectivity index (χ1v) is 29.2. The van der Waals surface area contributed by atoms with Crippen LogP contribution in [-0.4, -0.2) is 0 Å². The molecule has 0 aliphatic heterocycles. The van der Waals surface area contributed by atoms with Crippen LogP contribution in [0, 0.1) is 0 Å². The van der Waals surface area contributed by atoms with Crippen molar-refractivity contribution in [1.29, 1.82) is 0 Å². The first kappa shape index (κ1) is 47.0. The molecule has 1 heteroatoms. The molecule has 0 amide bonds. The fraction of sp³-hybridized carbons (Fsp3) is 0.231. The number of nitrogens with zero attached hydrogens (tertiary/aromatic N) is 1. The van der Waals surface area contributed by atoms with Gasteiger partial charge in [-0.05, 0) is 218 Å². The zero-order valence-electron chi connectivity index (χ0n) is 47.2. The van der Waals surface area contributed by atoms with Gasteiger partial charge in [0.25, 0.3) is 0 Å². The lowest BCUT2D eigenvalue weighted by Crippen LogP contribution is -2.25. The van der Waals surface area contributed by atoms with Gasteiger partial charge in [-0.1, -0.05) is 214 Å². The Morgan fingerprint density at radius 3 is 1.72 bits per heavy atom. The van der Waals surface area contributed by atoms with Gasteiger partial charge in [0, 0.05) is 33.3 Å². The van der Waals surface area contributed by atoms with Crippen molar-refractivity contribution in [3.8, 4) is 77.9 Å². The van der Waals surface area contributed by atoms with Crippen LogP contribution in [0.2, 0.25) is 0 Å². The SMILES string of the molecule is CC(C)(C)c1ccccc1-c1cc2c(c3c1C1CC1c1ccccc1-3)-c1ccc(N(c3cccc(-c4ccccc4)c3)c3ccc4c(c3)C(C)(C)c3c-4c4c(c5c3C(C)(C)c3ccccc3-5)-c3ccccc3CC4)cc1C2(C)C. The zero-order valence-corrected chi connectivity index (χ0v) is 47.2. The van der Waals surface area contributed by atoms with E-state index >= 15 is 0 Å². The second-order valence-electron chi connectivity index (χ2n) is 26.6. The number of benzene rings is 10. The molecule has 6 aliphatic rings. The van der Waals surface area contributed by atoms with Crippen molar-refractivity contribution in [3.63, 3.8) is 0 Å². The van der Waals surface area contributed by atoms with Gasteiger partial charge in [0.1, 0.15) is 0 Å². The second kappa shape index (κ2) is 16.1. The molecule has 384 valence electrons. The summed E-state index contributed by atoms with van der Waals surface area (Å²) in [7, 11) is 0. The van der Waals surface area contributed by atoms with E-state index in [2.05, 4.69) is 261 Å². The van der Waals surface area contributed by atoms with Crippen molar-refractivity contribution >= 4 is 17.1 Å². The van der Waals surface area contributed by atoms with Crippen LogP contribution in [-0.2, 0) is 34.5 Å². The Morgan fingerprint density at radius 2 is 0.962 bits per heavy atom. The van der Waals surface area contributed by atoms with Crippen molar-refractivity contribution < 1.29 is 0 Å². The van der Waals surface area contributed by atoms with E-state index in [1.165, 1.54) is 151 Å². The van der Waals surface area contributed by atoms with Gasteiger partial charge in [0.2, 0.25) is 0 Å². The maximum absolute atomic E-state index is 2.65. The lowest BCUT2D eigenvalue weighted by molar-refractivity contribution is 0.592. The van der Waals surface area contributed by atoms with Gasteiger partial charge < -0.3 is 4.90 Å². The molecular formula is C78H67N. The minimum absolute atomic E-state index is 0.00363. The van der Waals surface area contributed by atoms with E-state index in [0.717, 1.165) is 18.5 Å². The number of anilines is 3. The summed E-state index contributed by atoms with van der Waals surface area (Å²) >= 11 is 0. The highest BCUT2D eigenvalue weighted by molar-refractivity contribution is 6.05. The van der Waals surface area contributed by atoms with Crippen molar-refractivity contribution in [2.45, 2.75) is 115 Å². The highest BCUT2D eigenvalue weighted by Gasteiger charge is 2.52. The molecule has 6 aliphatic carbocycles. The summed E-state index contributed by atoms with van der Waals surface area (Å²) in [5, 5.41) is 0. The molecule has 10 aromatic rings. The third-order valence-corrected chi connectivity index (χ3v) is 20.1. The van der Waals surface area contributed by atoms with E-state index in [1.807, 2.05) is 0 Å². The molecular weight excluding hydrogens is 951 g/mol. The third kappa shape index (κ3) is 6.39. The summed E-state index contributed by atoms with van der Waals surface area (Å²) < 4.78 is 0. The third-order valence-electron chi connectivity index (χ3n) is 20.1. The summed E-state index contributed by atoms with van der Waals surface area (Å²) in [5.41, 5.74) is 38.6. The molecule has 10 aromatic carbocycles. The Bertz CT molecular complexity index is 4300. The fourth-order valence-electron chi connectivity index (χ4n) is 16.4. The number of aryl methyl sites for hydroxylation is 1. The first-order valence-electron chi connectivity index (χ1n) is 29.2. The topological polar surface area (TPSA) is 3.24 Å².